The lowest BCUT2D eigenvalue weighted by Crippen LogP contribution is -2.39. The van der Waals surface area contributed by atoms with E-state index in [1.54, 1.807) is 0 Å². The van der Waals surface area contributed by atoms with Gasteiger partial charge in [0, 0.05) is 18.8 Å². The molecule has 1 aliphatic heterocycles. The summed E-state index contributed by atoms with van der Waals surface area (Å²) in [6, 6.07) is 8.08. The molecule has 0 aliphatic carbocycles. The molecule has 1 aromatic rings. The van der Waals surface area contributed by atoms with Crippen LogP contribution in [0, 0.1) is 6.92 Å². The molecule has 1 aliphatic rings. The lowest BCUT2D eigenvalue weighted by atomic mass is 10.1. The van der Waals surface area contributed by atoms with Crippen molar-refractivity contribution in [2.75, 3.05) is 37.6 Å². The second-order valence-corrected chi connectivity index (χ2v) is 5.55. The highest BCUT2D eigenvalue weighted by Crippen LogP contribution is 2.15. The van der Waals surface area contributed by atoms with E-state index in [2.05, 4.69) is 4.90 Å². The van der Waals surface area contributed by atoms with Crippen LogP contribution in [0.1, 0.15) is 24.8 Å². The van der Waals surface area contributed by atoms with Crippen LogP contribution in [0.2, 0.25) is 0 Å². The normalized spacial score (nSPS) is 16.1. The number of likely N-dealkylation sites (tertiary alicyclic amines) is 1. The first kappa shape index (κ1) is 14.9. The number of carboxylic acid groups (broad SMARTS) is 1. The molecule has 1 fully saturated rings. The van der Waals surface area contributed by atoms with Crippen LogP contribution in [0.5, 0.6) is 0 Å². The fourth-order valence-electron chi connectivity index (χ4n) is 2.66. The SMILES string of the molecule is Cc1ccc(N(CCN2CCCCC2)CC(=O)O)cc1. The van der Waals surface area contributed by atoms with Gasteiger partial charge < -0.3 is 14.9 Å². The Hall–Kier alpha value is -1.55. The van der Waals surface area contributed by atoms with Crippen LogP contribution in [-0.4, -0.2) is 48.7 Å². The van der Waals surface area contributed by atoms with Gasteiger partial charge in [0.15, 0.2) is 0 Å². The lowest BCUT2D eigenvalue weighted by Gasteiger charge is -2.30. The number of nitrogens with zero attached hydrogens (tertiary/aromatic N) is 2. The minimum atomic E-state index is -0.774. The van der Waals surface area contributed by atoms with Gasteiger partial charge in [0.05, 0.1) is 0 Å². The predicted molar refractivity (Wildman–Crippen MR) is 81.3 cm³/mol. The first-order valence-electron chi connectivity index (χ1n) is 7.41. The van der Waals surface area contributed by atoms with Gasteiger partial charge in [0.1, 0.15) is 6.54 Å². The molecule has 0 saturated carbocycles. The van der Waals surface area contributed by atoms with E-state index in [1.165, 1.54) is 24.8 Å². The van der Waals surface area contributed by atoms with E-state index in [9.17, 15) is 4.79 Å². The number of anilines is 1. The Morgan fingerprint density at radius 3 is 2.45 bits per heavy atom. The van der Waals surface area contributed by atoms with Crippen molar-refractivity contribution in [3.05, 3.63) is 29.8 Å². The molecule has 1 aromatic carbocycles. The van der Waals surface area contributed by atoms with E-state index in [0.29, 0.717) is 0 Å². The number of carboxylic acids is 1. The van der Waals surface area contributed by atoms with Gasteiger partial charge >= 0.3 is 5.97 Å². The van der Waals surface area contributed by atoms with Crippen molar-refractivity contribution in [3.8, 4) is 0 Å². The Morgan fingerprint density at radius 2 is 1.85 bits per heavy atom. The fourth-order valence-corrected chi connectivity index (χ4v) is 2.66. The van der Waals surface area contributed by atoms with Gasteiger partial charge in [-0.2, -0.15) is 0 Å². The van der Waals surface area contributed by atoms with Crippen LogP contribution in [0.4, 0.5) is 5.69 Å². The minimum absolute atomic E-state index is 0.0664. The molecule has 1 heterocycles. The van der Waals surface area contributed by atoms with Crippen LogP contribution in [-0.2, 0) is 4.79 Å². The van der Waals surface area contributed by atoms with Crippen LogP contribution >= 0.6 is 0 Å². The second kappa shape index (κ2) is 7.29. The molecule has 0 atom stereocenters. The summed E-state index contributed by atoms with van der Waals surface area (Å²) in [4.78, 5) is 15.4. The van der Waals surface area contributed by atoms with Gasteiger partial charge in [-0.1, -0.05) is 24.1 Å². The van der Waals surface area contributed by atoms with E-state index in [1.807, 2.05) is 36.1 Å². The number of piperidine rings is 1. The summed E-state index contributed by atoms with van der Waals surface area (Å²) in [7, 11) is 0. The summed E-state index contributed by atoms with van der Waals surface area (Å²) in [6.45, 7) is 6.12. The molecule has 1 N–H and O–H groups in total. The highest BCUT2D eigenvalue weighted by atomic mass is 16.4. The summed E-state index contributed by atoms with van der Waals surface area (Å²) >= 11 is 0. The van der Waals surface area contributed by atoms with Crippen molar-refractivity contribution in [1.82, 2.24) is 4.90 Å². The van der Waals surface area contributed by atoms with E-state index in [4.69, 9.17) is 5.11 Å². The van der Waals surface area contributed by atoms with E-state index in [0.717, 1.165) is 31.9 Å². The molecule has 110 valence electrons. The van der Waals surface area contributed by atoms with E-state index >= 15 is 0 Å². The molecule has 0 radical (unpaired) electrons. The number of hydrogen-bond donors (Lipinski definition) is 1. The van der Waals surface area contributed by atoms with Gasteiger partial charge in [0.25, 0.3) is 0 Å². The molecule has 4 nitrogen and oxygen atoms in total. The topological polar surface area (TPSA) is 43.8 Å². The van der Waals surface area contributed by atoms with Gasteiger partial charge in [-0.3, -0.25) is 4.79 Å². The average molecular weight is 276 g/mol. The van der Waals surface area contributed by atoms with Crippen molar-refractivity contribution >= 4 is 11.7 Å². The summed E-state index contributed by atoms with van der Waals surface area (Å²) < 4.78 is 0. The third-order valence-electron chi connectivity index (χ3n) is 3.86. The smallest absolute Gasteiger partial charge is 0.323 e. The number of aryl methyl sites for hydroxylation is 1. The maximum absolute atomic E-state index is 11.0. The van der Waals surface area contributed by atoms with Gasteiger partial charge in [-0.05, 0) is 45.0 Å². The second-order valence-electron chi connectivity index (χ2n) is 5.55. The standard InChI is InChI=1S/C16H24N2O2/c1-14-5-7-15(8-6-14)18(13-16(19)20)12-11-17-9-3-2-4-10-17/h5-8H,2-4,9-13H2,1H3,(H,19,20). The predicted octanol–water partition coefficient (Wildman–Crippen LogP) is 2.37. The third kappa shape index (κ3) is 4.53. The van der Waals surface area contributed by atoms with Crippen molar-refractivity contribution < 1.29 is 9.90 Å². The van der Waals surface area contributed by atoms with Gasteiger partial charge in [-0.25, -0.2) is 0 Å². The number of carbonyl (C=O) groups is 1. The molecular formula is C16H24N2O2. The Morgan fingerprint density at radius 1 is 1.20 bits per heavy atom. The van der Waals surface area contributed by atoms with Gasteiger partial charge in [0.2, 0.25) is 0 Å². The molecule has 2 rings (SSSR count). The molecule has 0 bridgehead atoms. The Labute approximate surface area is 121 Å². The largest absolute Gasteiger partial charge is 0.480 e. The number of hydrogen-bond acceptors (Lipinski definition) is 3. The Kier molecular flexibility index (Phi) is 5.41. The summed E-state index contributed by atoms with van der Waals surface area (Å²) in [5.41, 5.74) is 2.19. The highest BCUT2D eigenvalue weighted by Gasteiger charge is 2.14. The molecular weight excluding hydrogens is 252 g/mol. The quantitative estimate of drug-likeness (QED) is 0.866. The Bertz CT molecular complexity index is 425. The minimum Gasteiger partial charge on any atom is -0.480 e. The van der Waals surface area contributed by atoms with Crippen LogP contribution < -0.4 is 4.90 Å². The molecule has 0 amide bonds. The molecule has 1 saturated heterocycles. The molecule has 0 spiro atoms. The summed E-state index contributed by atoms with van der Waals surface area (Å²) in [5.74, 6) is -0.774. The summed E-state index contributed by atoms with van der Waals surface area (Å²) in [6.07, 6.45) is 3.86. The molecule has 20 heavy (non-hydrogen) atoms. The number of benzene rings is 1. The highest BCUT2D eigenvalue weighted by molar-refractivity contribution is 5.73. The molecule has 0 aromatic heterocycles. The van der Waals surface area contributed by atoms with E-state index in [-0.39, 0.29) is 6.54 Å². The van der Waals surface area contributed by atoms with Crippen molar-refractivity contribution in [3.63, 3.8) is 0 Å². The first-order valence-corrected chi connectivity index (χ1v) is 7.41. The maximum atomic E-state index is 11.0. The Balaban J connectivity index is 1.95. The fraction of sp³-hybridized carbons (Fsp3) is 0.562. The van der Waals surface area contributed by atoms with Crippen LogP contribution in [0.3, 0.4) is 0 Å². The molecule has 0 unspecified atom stereocenters. The van der Waals surface area contributed by atoms with Gasteiger partial charge in [-0.15, -0.1) is 0 Å². The van der Waals surface area contributed by atoms with Crippen molar-refractivity contribution in [2.45, 2.75) is 26.2 Å². The third-order valence-corrected chi connectivity index (χ3v) is 3.86. The van der Waals surface area contributed by atoms with Crippen molar-refractivity contribution in [2.24, 2.45) is 0 Å². The zero-order valence-electron chi connectivity index (χ0n) is 12.2. The lowest BCUT2D eigenvalue weighted by molar-refractivity contribution is -0.135. The maximum Gasteiger partial charge on any atom is 0.323 e. The zero-order valence-corrected chi connectivity index (χ0v) is 12.2. The molecule has 4 heteroatoms. The first-order chi connectivity index (χ1) is 9.65. The van der Waals surface area contributed by atoms with Crippen LogP contribution in [0.15, 0.2) is 24.3 Å². The zero-order chi connectivity index (χ0) is 14.4. The van der Waals surface area contributed by atoms with E-state index < -0.39 is 5.97 Å². The monoisotopic (exact) mass is 276 g/mol. The van der Waals surface area contributed by atoms with Crippen molar-refractivity contribution in [1.29, 1.82) is 0 Å². The van der Waals surface area contributed by atoms with Crippen LogP contribution in [0.25, 0.3) is 0 Å². The summed E-state index contributed by atoms with van der Waals surface area (Å²) in [5, 5.41) is 9.08. The average Bonchev–Trinajstić information content (AvgIpc) is 2.45. The number of rotatable bonds is 6. The number of aliphatic carboxylic acids is 1.